The molecule has 1 saturated heterocycles. The summed E-state index contributed by atoms with van der Waals surface area (Å²) in [5, 5.41) is 4.66. The maximum atomic E-state index is 6.17. The Hall–Kier alpha value is -1.11. The van der Waals surface area contributed by atoms with Gasteiger partial charge in [0, 0.05) is 42.9 Å². The second-order valence-corrected chi connectivity index (χ2v) is 6.45. The van der Waals surface area contributed by atoms with Crippen LogP contribution in [0.3, 0.4) is 0 Å². The van der Waals surface area contributed by atoms with E-state index in [1.54, 1.807) is 16.9 Å². The third-order valence-corrected chi connectivity index (χ3v) is 4.62. The van der Waals surface area contributed by atoms with Gasteiger partial charge in [-0.25, -0.2) is 9.97 Å². The minimum Gasteiger partial charge on any atom is -0.295 e. The van der Waals surface area contributed by atoms with Crippen molar-refractivity contribution in [1.29, 1.82) is 0 Å². The van der Waals surface area contributed by atoms with Gasteiger partial charge in [0.15, 0.2) is 0 Å². The third kappa shape index (κ3) is 2.82. The first kappa shape index (κ1) is 13.9. The molecule has 3 rings (SSSR count). The predicted molar refractivity (Wildman–Crippen MR) is 81.9 cm³/mol. The van der Waals surface area contributed by atoms with Gasteiger partial charge < -0.3 is 0 Å². The van der Waals surface area contributed by atoms with E-state index >= 15 is 0 Å². The van der Waals surface area contributed by atoms with Gasteiger partial charge in [-0.1, -0.05) is 11.6 Å². The smallest absolute Gasteiger partial charge is 0.148 e. The maximum absolute atomic E-state index is 6.17. The average Bonchev–Trinajstić information content (AvgIpc) is 2.85. The maximum Gasteiger partial charge on any atom is 0.148 e. The van der Waals surface area contributed by atoms with Gasteiger partial charge in [-0.2, -0.15) is 16.9 Å². The summed E-state index contributed by atoms with van der Waals surface area (Å²) in [5.41, 5.74) is 1.79. The van der Waals surface area contributed by atoms with Gasteiger partial charge in [0.25, 0.3) is 0 Å². The first-order valence-corrected chi connectivity index (χ1v) is 7.98. The summed E-state index contributed by atoms with van der Waals surface area (Å²) in [4.78, 5) is 11.4. The van der Waals surface area contributed by atoms with Gasteiger partial charge in [-0.05, 0) is 7.05 Å². The topological polar surface area (TPSA) is 46.8 Å². The highest BCUT2D eigenvalue weighted by Crippen LogP contribution is 2.28. The van der Waals surface area contributed by atoms with E-state index in [4.69, 9.17) is 11.6 Å². The zero-order valence-electron chi connectivity index (χ0n) is 11.5. The van der Waals surface area contributed by atoms with Crippen molar-refractivity contribution in [2.24, 2.45) is 7.05 Å². The van der Waals surface area contributed by atoms with Gasteiger partial charge in [0.05, 0.1) is 17.9 Å². The van der Waals surface area contributed by atoms with Crippen molar-refractivity contribution in [2.75, 3.05) is 25.1 Å². The zero-order chi connectivity index (χ0) is 14.1. The van der Waals surface area contributed by atoms with Crippen LogP contribution in [0.4, 0.5) is 0 Å². The van der Waals surface area contributed by atoms with Crippen molar-refractivity contribution in [2.45, 2.75) is 6.04 Å². The lowest BCUT2D eigenvalue weighted by Gasteiger charge is -2.30. The summed E-state index contributed by atoms with van der Waals surface area (Å²) in [7, 11) is 4.00. The van der Waals surface area contributed by atoms with Gasteiger partial charge in [0.1, 0.15) is 11.0 Å². The van der Waals surface area contributed by atoms with Crippen molar-refractivity contribution in [3.63, 3.8) is 0 Å². The molecule has 0 radical (unpaired) electrons. The minimum atomic E-state index is 0.225. The Labute approximate surface area is 127 Å². The molecule has 3 heterocycles. The first-order chi connectivity index (χ1) is 9.63. The molecule has 0 amide bonds. The summed E-state index contributed by atoms with van der Waals surface area (Å²) < 4.78 is 1.76. The fraction of sp³-hybridized carbons (Fsp3) is 0.462. The number of rotatable bonds is 2. The van der Waals surface area contributed by atoms with E-state index < -0.39 is 0 Å². The molecule has 106 valence electrons. The molecule has 0 aliphatic carbocycles. The Bertz CT molecular complexity index is 615. The van der Waals surface area contributed by atoms with Crippen molar-refractivity contribution < 1.29 is 0 Å². The Kier molecular flexibility index (Phi) is 3.96. The van der Waals surface area contributed by atoms with E-state index in [1.165, 1.54) is 0 Å². The van der Waals surface area contributed by atoms with Gasteiger partial charge >= 0.3 is 0 Å². The number of nitrogens with zero attached hydrogens (tertiary/aromatic N) is 5. The molecule has 2 aromatic heterocycles. The number of aryl methyl sites for hydroxylation is 1. The minimum absolute atomic E-state index is 0.225. The van der Waals surface area contributed by atoms with E-state index in [0.717, 1.165) is 35.1 Å². The van der Waals surface area contributed by atoms with Gasteiger partial charge in [-0.3, -0.25) is 9.58 Å². The molecule has 0 spiro atoms. The predicted octanol–water partition coefficient (Wildman–Crippen LogP) is 2.25. The molecule has 0 N–H and O–H groups in total. The van der Waals surface area contributed by atoms with Crippen molar-refractivity contribution in [3.05, 3.63) is 29.4 Å². The number of thioether (sulfide) groups is 1. The summed E-state index contributed by atoms with van der Waals surface area (Å²) in [5.74, 6) is 2.96. The Morgan fingerprint density at radius 1 is 1.35 bits per heavy atom. The van der Waals surface area contributed by atoms with Crippen LogP contribution < -0.4 is 0 Å². The van der Waals surface area contributed by atoms with Crippen LogP contribution in [0.2, 0.25) is 5.15 Å². The molecule has 1 fully saturated rings. The van der Waals surface area contributed by atoms with Crippen LogP contribution in [0.5, 0.6) is 0 Å². The van der Waals surface area contributed by atoms with Crippen molar-refractivity contribution in [3.8, 4) is 11.3 Å². The second-order valence-electron chi connectivity index (χ2n) is 4.91. The molecule has 7 heteroatoms. The third-order valence-electron chi connectivity index (χ3n) is 3.41. The SMILES string of the molecule is CN1CCSCC1c1nc(Cl)cc(-c2cnn(C)c2)n1. The summed E-state index contributed by atoms with van der Waals surface area (Å²) in [6.07, 6.45) is 3.73. The normalized spacial score (nSPS) is 20.2. The first-order valence-electron chi connectivity index (χ1n) is 6.45. The fourth-order valence-corrected chi connectivity index (χ4v) is 3.64. The Balaban J connectivity index is 1.98. The molecule has 0 bridgehead atoms. The van der Waals surface area contributed by atoms with E-state index in [9.17, 15) is 0 Å². The van der Waals surface area contributed by atoms with Crippen LogP contribution in [0, 0.1) is 0 Å². The van der Waals surface area contributed by atoms with Crippen molar-refractivity contribution in [1.82, 2.24) is 24.6 Å². The molecule has 2 aromatic rings. The van der Waals surface area contributed by atoms with E-state index in [1.807, 2.05) is 25.0 Å². The van der Waals surface area contributed by atoms with Crippen LogP contribution in [0.15, 0.2) is 18.5 Å². The average molecular weight is 310 g/mol. The summed E-state index contributed by atoms with van der Waals surface area (Å²) >= 11 is 8.10. The lowest BCUT2D eigenvalue weighted by Crippen LogP contribution is -2.33. The van der Waals surface area contributed by atoms with Crippen LogP contribution in [0.25, 0.3) is 11.3 Å². The van der Waals surface area contributed by atoms with Crippen molar-refractivity contribution >= 4 is 23.4 Å². The Morgan fingerprint density at radius 3 is 2.90 bits per heavy atom. The second kappa shape index (κ2) is 5.71. The highest BCUT2D eigenvalue weighted by atomic mass is 35.5. The van der Waals surface area contributed by atoms with E-state index in [2.05, 4.69) is 27.0 Å². The molecule has 5 nitrogen and oxygen atoms in total. The van der Waals surface area contributed by atoms with E-state index in [0.29, 0.717) is 5.15 Å². The summed E-state index contributed by atoms with van der Waals surface area (Å²) in [6, 6.07) is 2.01. The fourth-order valence-electron chi connectivity index (χ4n) is 2.24. The molecule has 20 heavy (non-hydrogen) atoms. The number of aromatic nitrogens is 4. The monoisotopic (exact) mass is 309 g/mol. The highest BCUT2D eigenvalue weighted by molar-refractivity contribution is 7.99. The molecule has 1 atom stereocenters. The lowest BCUT2D eigenvalue weighted by molar-refractivity contribution is 0.264. The number of hydrogen-bond donors (Lipinski definition) is 0. The molecular weight excluding hydrogens is 294 g/mol. The van der Waals surface area contributed by atoms with Crippen LogP contribution >= 0.6 is 23.4 Å². The Morgan fingerprint density at radius 2 is 2.20 bits per heavy atom. The summed E-state index contributed by atoms with van der Waals surface area (Å²) in [6.45, 7) is 1.05. The lowest BCUT2D eigenvalue weighted by atomic mass is 10.2. The molecule has 1 aliphatic rings. The molecule has 1 unspecified atom stereocenters. The van der Waals surface area contributed by atoms with Crippen LogP contribution in [-0.2, 0) is 7.05 Å². The number of hydrogen-bond acceptors (Lipinski definition) is 5. The van der Waals surface area contributed by atoms with E-state index in [-0.39, 0.29) is 6.04 Å². The largest absolute Gasteiger partial charge is 0.295 e. The molecule has 0 saturated carbocycles. The van der Waals surface area contributed by atoms with Crippen LogP contribution in [-0.4, -0.2) is 49.7 Å². The highest BCUT2D eigenvalue weighted by Gasteiger charge is 2.24. The molecule has 0 aromatic carbocycles. The zero-order valence-corrected chi connectivity index (χ0v) is 13.0. The van der Waals surface area contributed by atoms with Gasteiger partial charge in [-0.15, -0.1) is 0 Å². The van der Waals surface area contributed by atoms with Crippen LogP contribution in [0.1, 0.15) is 11.9 Å². The molecular formula is C13H16ClN5S. The quantitative estimate of drug-likeness (QED) is 0.796. The molecule has 1 aliphatic heterocycles. The standard InChI is InChI=1S/C13H16ClN5S/c1-18-3-4-20-8-11(18)13-16-10(5-12(14)17-13)9-6-15-19(2)7-9/h5-7,11H,3-4,8H2,1-2H3. The number of halogens is 1. The van der Waals surface area contributed by atoms with Gasteiger partial charge in [0.2, 0.25) is 0 Å².